The van der Waals surface area contributed by atoms with Crippen LogP contribution in [0.5, 0.6) is 0 Å². The van der Waals surface area contributed by atoms with Crippen molar-refractivity contribution in [3.05, 3.63) is 35.4 Å². The Hall–Kier alpha value is -1.23. The average Bonchev–Trinajstić information content (AvgIpc) is 2.18. The maximum atomic E-state index is 9.00. The minimum Gasteiger partial charge on any atom is -0.414 e. The maximum Gasteiger partial charge on any atom is 0.306 e. The fourth-order valence-electron chi connectivity index (χ4n) is 1.25. The zero-order chi connectivity index (χ0) is 11.5. The van der Waals surface area contributed by atoms with Crippen molar-refractivity contribution in [3.8, 4) is 6.07 Å². The van der Waals surface area contributed by atoms with E-state index in [2.05, 4.69) is 0 Å². The van der Waals surface area contributed by atoms with Gasteiger partial charge in [0.1, 0.15) is 10.5 Å². The number of nitriles is 1. The molecule has 0 amide bonds. The van der Waals surface area contributed by atoms with E-state index >= 15 is 0 Å². The van der Waals surface area contributed by atoms with Crippen molar-refractivity contribution in [2.45, 2.75) is 12.1 Å². The summed E-state index contributed by atoms with van der Waals surface area (Å²) in [5.41, 5.74) is 0.849. The molecule has 5 nitrogen and oxygen atoms in total. The molecule has 0 aromatic heterocycles. The molecule has 1 aromatic rings. The van der Waals surface area contributed by atoms with Crippen molar-refractivity contribution in [1.29, 1.82) is 5.26 Å². The summed E-state index contributed by atoms with van der Waals surface area (Å²) in [6.07, 6.45) is -1.21. The number of rotatable bonds is 3. The Kier molecular flexibility index (Phi) is 3.57. The van der Waals surface area contributed by atoms with Gasteiger partial charge in [0.2, 0.25) is 0 Å². The summed E-state index contributed by atoms with van der Waals surface area (Å²) in [6.45, 7) is 0. The van der Waals surface area contributed by atoms with E-state index < -0.39 is 12.1 Å². The number of nitrogens with zero attached hydrogens (tertiary/aromatic N) is 1. The molecule has 0 radical (unpaired) electrons. The molecule has 0 heterocycles. The Morgan fingerprint density at radius 3 is 2.13 bits per heavy atom. The van der Waals surface area contributed by atoms with Crippen LogP contribution in [-0.4, -0.2) is 31.8 Å². The molecule has 1 atom stereocenters. The monoisotopic (exact) mass is 225 g/mol. The van der Waals surface area contributed by atoms with Crippen molar-refractivity contribution in [3.63, 3.8) is 0 Å². The molecule has 0 bridgehead atoms. The third-order valence-corrected chi connectivity index (χ3v) is 2.40. The van der Waals surface area contributed by atoms with Crippen LogP contribution in [0.15, 0.2) is 24.3 Å². The first-order valence-electron chi connectivity index (χ1n) is 4.19. The Morgan fingerprint density at radius 2 is 1.80 bits per heavy atom. The van der Waals surface area contributed by atoms with E-state index in [0.717, 1.165) is 0 Å². The molecule has 6 heteroatoms. The van der Waals surface area contributed by atoms with E-state index in [1.165, 1.54) is 24.3 Å². The number of hydrogen-bond acceptors (Lipinski definition) is 5. The second-order valence-corrected chi connectivity index (χ2v) is 3.51. The minimum absolute atomic E-state index is 0.242. The number of aliphatic hydroxyl groups is 3. The molecule has 80 valence electrons. The fraction of sp³-hybridized carbons (Fsp3) is 0.222. The van der Waals surface area contributed by atoms with Crippen LogP contribution in [0.25, 0.3) is 0 Å². The van der Waals surface area contributed by atoms with Gasteiger partial charge >= 0.3 is 5.97 Å². The van der Waals surface area contributed by atoms with Gasteiger partial charge in [0.25, 0.3) is 0 Å². The normalized spacial score (nSPS) is 13.5. The molecule has 1 unspecified atom stereocenters. The lowest BCUT2D eigenvalue weighted by Gasteiger charge is -2.25. The first kappa shape index (κ1) is 11.8. The largest absolute Gasteiger partial charge is 0.414 e. The summed E-state index contributed by atoms with van der Waals surface area (Å²) in [4.78, 5) is 0. The lowest BCUT2D eigenvalue weighted by molar-refractivity contribution is -0.352. The van der Waals surface area contributed by atoms with Crippen LogP contribution in [0, 0.1) is 11.3 Å². The van der Waals surface area contributed by atoms with Gasteiger partial charge in [-0.3, -0.25) is 0 Å². The predicted octanol–water partition coefficient (Wildman–Crippen LogP) is -1.47. The highest BCUT2D eigenvalue weighted by Crippen LogP contribution is 2.25. The van der Waals surface area contributed by atoms with Gasteiger partial charge in [-0.1, -0.05) is 12.1 Å². The summed E-state index contributed by atoms with van der Waals surface area (Å²) in [6, 6.07) is 7.94. The molecule has 1 rings (SSSR count). The van der Waals surface area contributed by atoms with Crippen LogP contribution >= 0.6 is 0 Å². The molecule has 3 N–H and O–H groups in total. The Balaban J connectivity index is 3.00. The van der Waals surface area contributed by atoms with Gasteiger partial charge in [-0.2, -0.15) is 5.26 Å². The number of benzene rings is 1. The fourth-order valence-corrected chi connectivity index (χ4v) is 1.84. The second-order valence-electron chi connectivity index (χ2n) is 3.04. The molecule has 0 saturated carbocycles. The molecule has 0 saturated heterocycles. The molecule has 0 aliphatic rings. The average molecular weight is 225 g/mol. The van der Waals surface area contributed by atoms with Crippen LogP contribution in [-0.2, 0) is 4.43 Å². The van der Waals surface area contributed by atoms with Gasteiger partial charge in [0.05, 0.1) is 11.6 Å². The standard InChI is InChI=1S/C9H11NO4Si/c10-5-6-1-3-7(4-2-6)8(14-15)9(11,12)13/h1-4,8,11-13H,15H3. The quantitative estimate of drug-likeness (QED) is 0.431. The van der Waals surface area contributed by atoms with E-state index in [4.69, 9.17) is 25.0 Å². The van der Waals surface area contributed by atoms with E-state index in [0.29, 0.717) is 11.1 Å². The summed E-state index contributed by atoms with van der Waals surface area (Å²) >= 11 is 0. The van der Waals surface area contributed by atoms with Crippen LogP contribution in [0.2, 0.25) is 0 Å². The van der Waals surface area contributed by atoms with Gasteiger partial charge < -0.3 is 19.7 Å². The third kappa shape index (κ3) is 2.86. The molecule has 0 spiro atoms. The van der Waals surface area contributed by atoms with Gasteiger partial charge in [-0.05, 0) is 17.7 Å². The molecule has 15 heavy (non-hydrogen) atoms. The van der Waals surface area contributed by atoms with Crippen molar-refractivity contribution in [2.75, 3.05) is 0 Å². The van der Waals surface area contributed by atoms with Crippen molar-refractivity contribution < 1.29 is 19.7 Å². The van der Waals surface area contributed by atoms with Gasteiger partial charge in [-0.25, -0.2) is 0 Å². The van der Waals surface area contributed by atoms with Crippen molar-refractivity contribution in [1.82, 2.24) is 0 Å². The van der Waals surface area contributed by atoms with Gasteiger partial charge in [-0.15, -0.1) is 0 Å². The molecule has 1 aromatic carbocycles. The highest BCUT2D eigenvalue weighted by atomic mass is 28.2. The molecular weight excluding hydrogens is 214 g/mol. The lowest BCUT2D eigenvalue weighted by Crippen LogP contribution is -2.36. The summed E-state index contributed by atoms with van der Waals surface area (Å²) in [5, 5.41) is 35.6. The maximum absolute atomic E-state index is 9.00. The van der Waals surface area contributed by atoms with Crippen molar-refractivity contribution in [2.24, 2.45) is 0 Å². The lowest BCUT2D eigenvalue weighted by atomic mass is 10.1. The Labute approximate surface area is 89.7 Å². The first-order chi connectivity index (χ1) is 6.99. The Bertz CT molecular complexity index is 365. The number of hydrogen-bond donors (Lipinski definition) is 3. The zero-order valence-electron chi connectivity index (χ0n) is 8.08. The highest BCUT2D eigenvalue weighted by Gasteiger charge is 2.33. The Morgan fingerprint density at radius 1 is 1.27 bits per heavy atom. The second kappa shape index (κ2) is 4.52. The smallest absolute Gasteiger partial charge is 0.306 e. The van der Waals surface area contributed by atoms with Crippen molar-refractivity contribution >= 4 is 10.5 Å². The summed E-state index contributed by atoms with van der Waals surface area (Å²) in [7, 11) is 0.242. The zero-order valence-corrected chi connectivity index (χ0v) is 10.1. The van der Waals surface area contributed by atoms with Crippen LogP contribution < -0.4 is 0 Å². The molecule has 0 fully saturated rings. The highest BCUT2D eigenvalue weighted by molar-refractivity contribution is 5.98. The third-order valence-electron chi connectivity index (χ3n) is 1.93. The molecule has 0 aliphatic carbocycles. The van der Waals surface area contributed by atoms with E-state index in [1.807, 2.05) is 6.07 Å². The summed E-state index contributed by atoms with van der Waals surface area (Å²) < 4.78 is 4.88. The molecular formula is C9H11NO4Si. The minimum atomic E-state index is -2.91. The topological polar surface area (TPSA) is 93.7 Å². The predicted molar refractivity (Wildman–Crippen MR) is 54.3 cm³/mol. The van der Waals surface area contributed by atoms with Gasteiger partial charge in [0, 0.05) is 0 Å². The SMILES string of the molecule is N#Cc1ccc(C(O[SiH3])C(O)(O)O)cc1. The molecule has 0 aliphatic heterocycles. The van der Waals surface area contributed by atoms with Crippen LogP contribution in [0.4, 0.5) is 0 Å². The van der Waals surface area contributed by atoms with E-state index in [-0.39, 0.29) is 10.5 Å². The van der Waals surface area contributed by atoms with Crippen LogP contribution in [0.1, 0.15) is 17.2 Å². The summed E-state index contributed by atoms with van der Waals surface area (Å²) in [5.74, 6) is -2.91. The van der Waals surface area contributed by atoms with E-state index in [1.54, 1.807) is 0 Å². The van der Waals surface area contributed by atoms with Gasteiger partial charge in [0.15, 0.2) is 6.10 Å². The van der Waals surface area contributed by atoms with E-state index in [9.17, 15) is 0 Å². The van der Waals surface area contributed by atoms with Crippen LogP contribution in [0.3, 0.4) is 0 Å². The first-order valence-corrected chi connectivity index (χ1v) is 5.00.